The Bertz CT molecular complexity index is 539. The maximum Gasteiger partial charge on any atom is 3.00 e. The van der Waals surface area contributed by atoms with E-state index in [0.717, 1.165) is 19.3 Å². The van der Waals surface area contributed by atoms with Gasteiger partial charge in [0.25, 0.3) is 0 Å². The van der Waals surface area contributed by atoms with Gasteiger partial charge in [-0.3, -0.25) is 0 Å². The van der Waals surface area contributed by atoms with Crippen LogP contribution in [-0.4, -0.2) is 14.7 Å². The SMILES string of the molecule is CC1=C(C2(C([NH-])=O)CCCCCCCCCCC2[SiH](C)C)C(C)C=C1.[Cl-].[Cl-].[Ti+3]. The molecule has 2 nitrogen and oxygen atoms in total. The Morgan fingerprint density at radius 3 is 1.96 bits per heavy atom. The van der Waals surface area contributed by atoms with Crippen LogP contribution in [0.1, 0.15) is 78.1 Å². The summed E-state index contributed by atoms with van der Waals surface area (Å²) in [7, 11) is -1.06. The van der Waals surface area contributed by atoms with Gasteiger partial charge in [-0.15, -0.1) is 0 Å². The van der Waals surface area contributed by atoms with Crippen LogP contribution in [-0.2, 0) is 26.5 Å². The van der Waals surface area contributed by atoms with Gasteiger partial charge >= 0.3 is 21.7 Å². The molecular formula is C22H38Cl2NOSiTi. The van der Waals surface area contributed by atoms with E-state index < -0.39 is 14.2 Å². The van der Waals surface area contributed by atoms with Crippen molar-refractivity contribution in [1.29, 1.82) is 0 Å². The van der Waals surface area contributed by atoms with Crippen molar-refractivity contribution in [2.45, 2.75) is 96.7 Å². The van der Waals surface area contributed by atoms with Gasteiger partial charge in [0, 0.05) is 14.2 Å². The molecule has 0 aromatic heterocycles. The number of rotatable bonds is 3. The second-order valence-corrected chi connectivity index (χ2v) is 12.1. The molecule has 159 valence electrons. The smallest absolute Gasteiger partial charge is 1.00 e. The zero-order chi connectivity index (χ0) is 18.4. The Morgan fingerprint density at radius 2 is 1.54 bits per heavy atom. The predicted octanol–water partition coefficient (Wildman–Crippen LogP) is 0.851. The van der Waals surface area contributed by atoms with E-state index in [1.807, 2.05) is 0 Å². The van der Waals surface area contributed by atoms with Crippen LogP contribution >= 0.6 is 0 Å². The van der Waals surface area contributed by atoms with E-state index in [0.29, 0.717) is 11.5 Å². The maximum atomic E-state index is 13.0. The second kappa shape index (κ2) is 14.5. The van der Waals surface area contributed by atoms with Crippen LogP contribution in [0, 0.1) is 11.3 Å². The summed E-state index contributed by atoms with van der Waals surface area (Å²) in [6.07, 6.45) is 16.7. The third kappa shape index (κ3) is 7.01. The summed E-state index contributed by atoms with van der Waals surface area (Å²) >= 11 is 0. The van der Waals surface area contributed by atoms with Crippen molar-refractivity contribution in [3.63, 3.8) is 0 Å². The minimum Gasteiger partial charge on any atom is -1.00 e. The van der Waals surface area contributed by atoms with Crippen molar-refractivity contribution in [3.8, 4) is 0 Å². The van der Waals surface area contributed by atoms with Gasteiger partial charge < -0.3 is 35.3 Å². The number of allylic oxidation sites excluding steroid dienone is 3. The molecule has 2 rings (SSSR count). The van der Waals surface area contributed by atoms with Crippen LogP contribution in [0.15, 0.2) is 23.3 Å². The van der Waals surface area contributed by atoms with Gasteiger partial charge in [-0.05, 0) is 30.4 Å². The van der Waals surface area contributed by atoms with Gasteiger partial charge in [0.15, 0.2) is 0 Å². The molecule has 0 bridgehead atoms. The molecule has 1 amide bonds. The van der Waals surface area contributed by atoms with Crippen molar-refractivity contribution in [2.24, 2.45) is 11.3 Å². The number of carbonyl (C=O) groups is 1. The molecule has 2 aliphatic rings. The summed E-state index contributed by atoms with van der Waals surface area (Å²) in [5.41, 5.74) is 10.9. The predicted molar refractivity (Wildman–Crippen MR) is 112 cm³/mol. The molecule has 3 unspecified atom stereocenters. The van der Waals surface area contributed by atoms with Crippen molar-refractivity contribution in [3.05, 3.63) is 29.0 Å². The quantitative estimate of drug-likeness (QED) is 0.554. The summed E-state index contributed by atoms with van der Waals surface area (Å²) in [6.45, 7) is 9.19. The topological polar surface area (TPSA) is 40.9 Å². The molecule has 3 atom stereocenters. The molecule has 0 aromatic carbocycles. The number of halogens is 2. The fourth-order valence-corrected chi connectivity index (χ4v) is 8.03. The second-order valence-electron chi connectivity index (χ2n) is 8.76. The molecule has 0 saturated heterocycles. The number of amides is 1. The van der Waals surface area contributed by atoms with Crippen molar-refractivity contribution in [2.75, 3.05) is 0 Å². The van der Waals surface area contributed by atoms with Crippen LogP contribution in [0.2, 0.25) is 18.6 Å². The molecule has 0 aliphatic heterocycles. The Morgan fingerprint density at radius 1 is 1.04 bits per heavy atom. The minimum atomic E-state index is -1.06. The third-order valence-electron chi connectivity index (χ3n) is 6.67. The summed E-state index contributed by atoms with van der Waals surface area (Å²) in [6, 6.07) is 0. The standard InChI is InChI=1S/C22H39NOSi.2ClH.Ti/c1-17-14-15-18(2)20(17)22(21(23)24)16-12-10-8-6-5-7-9-11-13-19(22)25(3)4;;;/h14-15,17,19,25H,5-13,16H2,1-4H3,(H2,23,24);2*1H;/q;;;+3/p-3. The number of hydrogen-bond acceptors (Lipinski definition) is 1. The first-order chi connectivity index (χ1) is 11.9. The summed E-state index contributed by atoms with van der Waals surface area (Å²) in [4.78, 5) is 13.0. The first kappa shape index (κ1) is 30.7. The van der Waals surface area contributed by atoms with E-state index >= 15 is 0 Å². The Balaban J connectivity index is 0. The molecule has 1 saturated carbocycles. The molecule has 0 spiro atoms. The van der Waals surface area contributed by atoms with Gasteiger partial charge in [-0.1, -0.05) is 95.5 Å². The first-order valence-electron chi connectivity index (χ1n) is 10.6. The van der Waals surface area contributed by atoms with Crippen molar-refractivity contribution < 1.29 is 51.3 Å². The van der Waals surface area contributed by atoms with E-state index in [1.54, 1.807) is 0 Å². The maximum absolute atomic E-state index is 13.0. The monoisotopic (exact) mass is 478 g/mol. The average Bonchev–Trinajstić information content (AvgIpc) is 2.87. The molecule has 0 aromatic rings. The molecule has 28 heavy (non-hydrogen) atoms. The third-order valence-corrected chi connectivity index (χ3v) is 9.19. The largest absolute Gasteiger partial charge is 3.00 e. The van der Waals surface area contributed by atoms with Gasteiger partial charge in [0.2, 0.25) is 0 Å². The Kier molecular flexibility index (Phi) is 15.8. The zero-order valence-corrected chi connectivity index (χ0v) is 22.4. The van der Waals surface area contributed by atoms with Gasteiger partial charge in [-0.2, -0.15) is 0 Å². The van der Waals surface area contributed by atoms with Crippen LogP contribution < -0.4 is 24.8 Å². The number of nitrogens with one attached hydrogen (secondary N) is 1. The minimum absolute atomic E-state index is 0. The summed E-state index contributed by atoms with van der Waals surface area (Å²) in [5, 5.41) is 0. The molecule has 6 heteroatoms. The normalized spacial score (nSPS) is 29.0. The van der Waals surface area contributed by atoms with E-state index in [9.17, 15) is 4.79 Å². The molecule has 0 heterocycles. The van der Waals surface area contributed by atoms with E-state index in [2.05, 4.69) is 39.1 Å². The summed E-state index contributed by atoms with van der Waals surface area (Å²) in [5.74, 6) is 0.0260. The Hall–Kier alpha value is 0.461. The number of hydrogen-bond donors (Lipinski definition) is 0. The molecule has 1 radical (unpaired) electrons. The first-order valence-corrected chi connectivity index (χ1v) is 13.5. The average molecular weight is 479 g/mol. The number of carbonyl (C=O) groups excluding carboxylic acids is 1. The molecular weight excluding hydrogens is 441 g/mol. The Labute approximate surface area is 202 Å². The molecule has 1 fully saturated rings. The zero-order valence-electron chi connectivity index (χ0n) is 18.1. The fourth-order valence-electron chi connectivity index (χ4n) is 5.49. The van der Waals surface area contributed by atoms with Crippen LogP contribution in [0.25, 0.3) is 5.73 Å². The van der Waals surface area contributed by atoms with Gasteiger partial charge in [0.1, 0.15) is 0 Å². The van der Waals surface area contributed by atoms with Crippen molar-refractivity contribution >= 4 is 14.7 Å². The summed E-state index contributed by atoms with van der Waals surface area (Å²) < 4.78 is 0. The van der Waals surface area contributed by atoms with Gasteiger partial charge in [-0.25, -0.2) is 0 Å². The fraction of sp³-hybridized carbons (Fsp3) is 0.773. The van der Waals surface area contributed by atoms with Gasteiger partial charge in [0.05, 0.1) is 5.91 Å². The van der Waals surface area contributed by atoms with Crippen molar-refractivity contribution in [1.82, 2.24) is 0 Å². The van der Waals surface area contributed by atoms with E-state index in [1.165, 1.54) is 56.1 Å². The van der Waals surface area contributed by atoms with Crippen LogP contribution in [0.4, 0.5) is 0 Å². The molecule has 2 aliphatic carbocycles. The van der Waals surface area contributed by atoms with Crippen LogP contribution in [0.3, 0.4) is 0 Å². The van der Waals surface area contributed by atoms with E-state index in [4.69, 9.17) is 5.73 Å². The van der Waals surface area contributed by atoms with E-state index in [-0.39, 0.29) is 52.4 Å². The van der Waals surface area contributed by atoms with Crippen LogP contribution in [0.5, 0.6) is 0 Å². The molecule has 1 N–H and O–H groups in total.